The van der Waals surface area contributed by atoms with Crippen LogP contribution in [0.3, 0.4) is 0 Å². The molecule has 27 heavy (non-hydrogen) atoms. The van der Waals surface area contributed by atoms with E-state index >= 15 is 0 Å². The predicted molar refractivity (Wildman–Crippen MR) is 122 cm³/mol. The molecule has 4 heteroatoms. The van der Waals surface area contributed by atoms with Crippen LogP contribution in [0.1, 0.15) is 68.6 Å². The fourth-order valence-electron chi connectivity index (χ4n) is 3.54. The summed E-state index contributed by atoms with van der Waals surface area (Å²) >= 11 is 2.53. The van der Waals surface area contributed by atoms with E-state index in [9.17, 15) is 0 Å². The Kier molecular flexibility index (Phi) is 11.0. The average molecular weight is 389 g/mol. The van der Waals surface area contributed by atoms with Crippen LogP contribution >= 0.6 is 12.9 Å². The van der Waals surface area contributed by atoms with Crippen molar-refractivity contribution < 1.29 is 4.55 Å². The first-order chi connectivity index (χ1) is 13.0. The zero-order valence-electron chi connectivity index (χ0n) is 17.0. The van der Waals surface area contributed by atoms with Crippen molar-refractivity contribution in [1.82, 2.24) is 0 Å². The maximum absolute atomic E-state index is 6.69. The number of nitrogens with two attached hydrogens (primary N) is 2. The topological polar surface area (TPSA) is 72.3 Å². The number of aryl methyl sites for hydroxylation is 2. The summed E-state index contributed by atoms with van der Waals surface area (Å²) in [5, 5.41) is 0. The predicted octanol–water partition coefficient (Wildman–Crippen LogP) is 6.48. The van der Waals surface area contributed by atoms with E-state index in [1.54, 1.807) is 5.56 Å². The van der Waals surface area contributed by atoms with Crippen LogP contribution in [0, 0.1) is 12.8 Å². The number of rotatable bonds is 3. The molecule has 2 aromatic carbocycles. The van der Waals surface area contributed by atoms with Gasteiger partial charge in [0.05, 0.1) is 0 Å². The van der Waals surface area contributed by atoms with E-state index in [1.807, 2.05) is 18.2 Å². The van der Waals surface area contributed by atoms with Crippen LogP contribution in [0.25, 0.3) is 0 Å². The van der Waals surface area contributed by atoms with Gasteiger partial charge in [-0.3, -0.25) is 0 Å². The van der Waals surface area contributed by atoms with Crippen molar-refractivity contribution in [1.29, 1.82) is 0 Å². The summed E-state index contributed by atoms with van der Waals surface area (Å²) in [6, 6.07) is 14.8. The second-order valence-electron chi connectivity index (χ2n) is 7.58. The third-order valence-corrected chi connectivity index (χ3v) is 5.25. The summed E-state index contributed by atoms with van der Waals surface area (Å²) in [4.78, 5) is 0. The third kappa shape index (κ3) is 8.27. The van der Waals surface area contributed by atoms with Crippen LogP contribution in [0.2, 0.25) is 0 Å². The van der Waals surface area contributed by atoms with Gasteiger partial charge in [-0.15, -0.1) is 0 Å². The van der Waals surface area contributed by atoms with Gasteiger partial charge in [0.15, 0.2) is 0 Å². The van der Waals surface area contributed by atoms with E-state index in [-0.39, 0.29) is 0 Å². The van der Waals surface area contributed by atoms with E-state index in [1.165, 1.54) is 36.8 Å². The molecule has 3 rings (SSSR count). The molecule has 0 unspecified atom stereocenters. The quantitative estimate of drug-likeness (QED) is 0.276. The Labute approximate surface area is 170 Å². The van der Waals surface area contributed by atoms with Crippen molar-refractivity contribution in [3.63, 3.8) is 0 Å². The highest BCUT2D eigenvalue weighted by atomic mass is 32.1. The molecule has 1 aliphatic carbocycles. The first-order valence-electron chi connectivity index (χ1n) is 9.90. The van der Waals surface area contributed by atoms with Gasteiger partial charge in [-0.05, 0) is 74.2 Å². The summed E-state index contributed by atoms with van der Waals surface area (Å²) in [6.45, 7) is 6.67. The Morgan fingerprint density at radius 3 is 2.07 bits per heavy atom. The Morgan fingerprint density at radius 1 is 0.963 bits per heavy atom. The molecular weight excluding hydrogens is 352 g/mol. The van der Waals surface area contributed by atoms with E-state index < -0.39 is 0 Å². The van der Waals surface area contributed by atoms with Gasteiger partial charge >= 0.3 is 0 Å². The van der Waals surface area contributed by atoms with Crippen LogP contribution in [-0.4, -0.2) is 4.55 Å². The fourth-order valence-corrected chi connectivity index (χ4v) is 3.54. The molecule has 0 aromatic heterocycles. The summed E-state index contributed by atoms with van der Waals surface area (Å²) in [5.74, 6) is 1.79. The number of hydrogen-bond acceptors (Lipinski definition) is 4. The Balaban J connectivity index is 0.000000254. The summed E-state index contributed by atoms with van der Waals surface area (Å²) in [5.41, 5.74) is 16.9. The minimum atomic E-state index is 0.738. The Morgan fingerprint density at radius 2 is 1.56 bits per heavy atom. The lowest BCUT2D eigenvalue weighted by atomic mass is 9.79. The Bertz CT molecular complexity index is 650. The molecule has 150 valence electrons. The largest absolute Gasteiger partial charge is 0.399 e. The third-order valence-electron chi connectivity index (χ3n) is 5.25. The van der Waals surface area contributed by atoms with E-state index in [2.05, 4.69) is 57.9 Å². The van der Waals surface area contributed by atoms with E-state index in [0.29, 0.717) is 0 Å². The lowest BCUT2D eigenvalue weighted by Gasteiger charge is -2.26. The summed E-state index contributed by atoms with van der Waals surface area (Å²) < 4.78 is 6.69. The molecule has 3 nitrogen and oxygen atoms in total. The molecule has 0 aliphatic heterocycles. The van der Waals surface area contributed by atoms with E-state index in [4.69, 9.17) is 16.0 Å². The molecule has 5 N–H and O–H groups in total. The van der Waals surface area contributed by atoms with Gasteiger partial charge in [0, 0.05) is 11.4 Å². The van der Waals surface area contributed by atoms with Gasteiger partial charge in [0.2, 0.25) is 0 Å². The highest BCUT2D eigenvalue weighted by Gasteiger charge is 2.19. The molecule has 0 atom stereocenters. The van der Waals surface area contributed by atoms with Gasteiger partial charge in [0.25, 0.3) is 0 Å². The fraction of sp³-hybridized carbons (Fsp3) is 0.478. The van der Waals surface area contributed by atoms with Gasteiger partial charge in [0.1, 0.15) is 0 Å². The summed E-state index contributed by atoms with van der Waals surface area (Å²) in [6.07, 6.45) is 7.77. The lowest BCUT2D eigenvalue weighted by Crippen LogP contribution is -2.10. The average Bonchev–Trinajstić information content (AvgIpc) is 2.68. The molecule has 0 spiro atoms. The van der Waals surface area contributed by atoms with Gasteiger partial charge in [-0.1, -0.05) is 69.0 Å². The van der Waals surface area contributed by atoms with Crippen molar-refractivity contribution in [2.75, 3.05) is 11.5 Å². The van der Waals surface area contributed by atoms with Crippen molar-refractivity contribution in [2.24, 2.45) is 5.92 Å². The summed E-state index contributed by atoms with van der Waals surface area (Å²) in [7, 11) is 0. The van der Waals surface area contributed by atoms with Crippen LogP contribution in [0.5, 0.6) is 0 Å². The molecule has 0 heterocycles. The second kappa shape index (κ2) is 12.7. The minimum Gasteiger partial charge on any atom is -0.399 e. The maximum Gasteiger partial charge on any atom is 0.0367 e. The molecule has 0 amide bonds. The van der Waals surface area contributed by atoms with Crippen LogP contribution in [0.4, 0.5) is 11.4 Å². The number of benzene rings is 2. The standard InChI is InChI=1S/C14H20.C9H14N2.H2OS/c1-11-3-7-13(8-4-11)14-9-5-12(2)6-10-14;1-2-3-7-4-5-8(10)6-9(7)11;1-2/h3-4,7-8,12,14H,5-6,9-10H2,1-2H3;4-6H,2-3,10-11H2,1H3;1-2H. The van der Waals surface area contributed by atoms with Gasteiger partial charge in [-0.25, -0.2) is 0 Å². The van der Waals surface area contributed by atoms with Crippen molar-refractivity contribution >= 4 is 24.3 Å². The molecule has 1 saturated carbocycles. The van der Waals surface area contributed by atoms with Crippen molar-refractivity contribution in [3.8, 4) is 0 Å². The monoisotopic (exact) mass is 388 g/mol. The first kappa shape index (κ1) is 23.4. The zero-order valence-corrected chi connectivity index (χ0v) is 17.9. The number of thiol groups is 1. The number of hydrogen-bond donors (Lipinski definition) is 4. The molecule has 0 radical (unpaired) electrons. The highest BCUT2D eigenvalue weighted by Crippen LogP contribution is 2.35. The molecule has 1 aliphatic rings. The SMILES string of the molecule is CCCc1ccc(N)cc1N.Cc1ccc(C2CCC(C)CC2)cc1.OS. The van der Waals surface area contributed by atoms with Crippen LogP contribution in [0.15, 0.2) is 42.5 Å². The normalized spacial score (nSPS) is 18.6. The lowest BCUT2D eigenvalue weighted by molar-refractivity contribution is 0.348. The molecule has 0 saturated heterocycles. The molecule has 0 bridgehead atoms. The zero-order chi connectivity index (χ0) is 20.2. The van der Waals surface area contributed by atoms with Gasteiger partial charge < -0.3 is 16.0 Å². The highest BCUT2D eigenvalue weighted by molar-refractivity contribution is 7.74. The van der Waals surface area contributed by atoms with Crippen molar-refractivity contribution in [2.45, 2.75) is 65.2 Å². The van der Waals surface area contributed by atoms with Gasteiger partial charge in [-0.2, -0.15) is 0 Å². The van der Waals surface area contributed by atoms with Crippen molar-refractivity contribution in [3.05, 3.63) is 59.2 Å². The maximum atomic E-state index is 6.69. The number of nitrogen functional groups attached to an aromatic ring is 2. The van der Waals surface area contributed by atoms with Crippen LogP contribution < -0.4 is 11.5 Å². The minimum absolute atomic E-state index is 0.738. The second-order valence-corrected chi connectivity index (χ2v) is 7.58. The molecule has 2 aromatic rings. The molecular formula is C23H36N2OS. The smallest absolute Gasteiger partial charge is 0.0367 e. The first-order valence-corrected chi connectivity index (χ1v) is 10.3. The molecule has 1 fully saturated rings. The van der Waals surface area contributed by atoms with Crippen LogP contribution in [-0.2, 0) is 6.42 Å². The Hall–Kier alpha value is -1.65. The number of anilines is 2. The van der Waals surface area contributed by atoms with E-state index in [0.717, 1.165) is 36.1 Å².